The third kappa shape index (κ3) is 3.87. The second-order valence-corrected chi connectivity index (χ2v) is 6.91. The van der Waals surface area contributed by atoms with Gasteiger partial charge >= 0.3 is 0 Å². The minimum absolute atomic E-state index is 0.0889. The topological polar surface area (TPSA) is 63.1 Å². The molecule has 6 nitrogen and oxygen atoms in total. The van der Waals surface area contributed by atoms with Crippen LogP contribution in [0.5, 0.6) is 0 Å². The normalized spacial score (nSPS) is 18.5. The molecule has 1 aromatic heterocycles. The number of carbonyl (C=O) groups is 1. The maximum absolute atomic E-state index is 13.0. The Morgan fingerprint density at radius 3 is 2.56 bits per heavy atom. The van der Waals surface area contributed by atoms with Crippen LogP contribution in [0.4, 0.5) is 4.39 Å². The Hall–Kier alpha value is -2.28. The van der Waals surface area contributed by atoms with Crippen molar-refractivity contribution in [2.75, 3.05) is 19.6 Å². The molecule has 2 heterocycles. The Bertz CT molecular complexity index is 732. The summed E-state index contributed by atoms with van der Waals surface area (Å²) in [5, 5.41) is 12.0. The van der Waals surface area contributed by atoms with E-state index in [4.69, 9.17) is 0 Å². The fraction of sp³-hybridized carbons (Fsp3) is 0.500. The van der Waals surface area contributed by atoms with Crippen molar-refractivity contribution >= 4 is 5.91 Å². The third-order valence-electron chi connectivity index (χ3n) is 4.94. The van der Waals surface area contributed by atoms with Crippen molar-refractivity contribution in [3.63, 3.8) is 0 Å². The molecular formula is C18H22FN5O. The molecule has 4 rings (SSSR count). The van der Waals surface area contributed by atoms with Gasteiger partial charge in [-0.05, 0) is 62.4 Å². The second kappa shape index (κ2) is 6.92. The molecule has 132 valence electrons. The van der Waals surface area contributed by atoms with Gasteiger partial charge in [0.25, 0.3) is 5.91 Å². The highest BCUT2D eigenvalue weighted by molar-refractivity contribution is 5.92. The van der Waals surface area contributed by atoms with Gasteiger partial charge in [0.1, 0.15) is 5.82 Å². The number of benzene rings is 1. The van der Waals surface area contributed by atoms with E-state index in [1.54, 1.807) is 12.1 Å². The molecule has 2 aromatic rings. The van der Waals surface area contributed by atoms with Crippen molar-refractivity contribution in [3.8, 4) is 5.69 Å². The molecule has 1 aromatic carbocycles. The Balaban J connectivity index is 1.34. The molecule has 25 heavy (non-hydrogen) atoms. The Morgan fingerprint density at radius 1 is 1.16 bits per heavy atom. The molecule has 2 fully saturated rings. The quantitative estimate of drug-likeness (QED) is 0.902. The van der Waals surface area contributed by atoms with Crippen LogP contribution in [-0.4, -0.2) is 51.5 Å². The van der Waals surface area contributed by atoms with E-state index in [1.807, 2.05) is 4.90 Å². The molecule has 1 aliphatic heterocycles. The molecule has 0 unspecified atom stereocenters. The van der Waals surface area contributed by atoms with E-state index in [1.165, 1.54) is 36.0 Å². The van der Waals surface area contributed by atoms with Gasteiger partial charge in [-0.2, -0.15) is 9.90 Å². The molecule has 1 aliphatic carbocycles. The monoisotopic (exact) mass is 343 g/mol. The van der Waals surface area contributed by atoms with E-state index >= 15 is 0 Å². The number of nitrogens with one attached hydrogen (secondary N) is 1. The summed E-state index contributed by atoms with van der Waals surface area (Å²) in [6.45, 7) is 2.60. The average Bonchev–Trinajstić information content (AvgIpc) is 3.35. The first kappa shape index (κ1) is 16.2. The first-order valence-corrected chi connectivity index (χ1v) is 8.90. The average molecular weight is 343 g/mol. The molecule has 7 heteroatoms. The Morgan fingerprint density at radius 2 is 1.88 bits per heavy atom. The van der Waals surface area contributed by atoms with Gasteiger partial charge in [-0.25, -0.2) is 4.39 Å². The minimum atomic E-state index is -0.314. The second-order valence-electron chi connectivity index (χ2n) is 6.91. The predicted octanol–water partition coefficient (Wildman–Crippen LogP) is 2.01. The van der Waals surface area contributed by atoms with E-state index in [0.29, 0.717) is 17.4 Å². The summed E-state index contributed by atoms with van der Waals surface area (Å²) >= 11 is 0. The zero-order valence-electron chi connectivity index (χ0n) is 14.1. The Labute approximate surface area is 146 Å². The number of hydrogen-bond donors (Lipinski definition) is 1. The van der Waals surface area contributed by atoms with Gasteiger partial charge in [0, 0.05) is 19.1 Å². The van der Waals surface area contributed by atoms with Crippen molar-refractivity contribution in [3.05, 3.63) is 42.0 Å². The fourth-order valence-electron chi connectivity index (χ4n) is 3.16. The smallest absolute Gasteiger partial charge is 0.276 e. The number of nitrogens with zero attached hydrogens (tertiary/aromatic N) is 4. The van der Waals surface area contributed by atoms with Crippen molar-refractivity contribution in [1.82, 2.24) is 25.2 Å². The van der Waals surface area contributed by atoms with Gasteiger partial charge < -0.3 is 10.2 Å². The maximum Gasteiger partial charge on any atom is 0.276 e. The van der Waals surface area contributed by atoms with E-state index in [0.717, 1.165) is 38.4 Å². The Kier molecular flexibility index (Phi) is 4.48. The van der Waals surface area contributed by atoms with Gasteiger partial charge in [0.2, 0.25) is 0 Å². The number of aromatic nitrogens is 3. The van der Waals surface area contributed by atoms with E-state index in [2.05, 4.69) is 15.5 Å². The summed E-state index contributed by atoms with van der Waals surface area (Å²) in [4.78, 5) is 15.8. The third-order valence-corrected chi connectivity index (χ3v) is 4.94. The van der Waals surface area contributed by atoms with Crippen LogP contribution in [0.15, 0.2) is 30.5 Å². The number of rotatable bonds is 5. The molecule has 0 atom stereocenters. The van der Waals surface area contributed by atoms with Gasteiger partial charge in [-0.1, -0.05) is 0 Å². The minimum Gasteiger partial charge on any atom is -0.337 e. The molecule has 0 spiro atoms. The first-order valence-electron chi connectivity index (χ1n) is 8.90. The van der Waals surface area contributed by atoms with Crippen LogP contribution in [-0.2, 0) is 0 Å². The highest BCUT2D eigenvalue weighted by Crippen LogP contribution is 2.28. The molecule has 1 saturated heterocycles. The lowest BCUT2D eigenvalue weighted by Crippen LogP contribution is -2.45. The highest BCUT2D eigenvalue weighted by Gasteiger charge is 2.27. The van der Waals surface area contributed by atoms with Crippen LogP contribution in [0, 0.1) is 11.7 Å². The van der Waals surface area contributed by atoms with Crippen LogP contribution in [0.3, 0.4) is 0 Å². The number of halogens is 1. The predicted molar refractivity (Wildman–Crippen MR) is 91.0 cm³/mol. The van der Waals surface area contributed by atoms with Crippen molar-refractivity contribution in [2.24, 2.45) is 5.92 Å². The van der Waals surface area contributed by atoms with Gasteiger partial charge in [-0.15, -0.1) is 5.10 Å². The number of amides is 1. The summed E-state index contributed by atoms with van der Waals surface area (Å²) < 4.78 is 13.0. The van der Waals surface area contributed by atoms with E-state index in [9.17, 15) is 9.18 Å². The molecule has 1 saturated carbocycles. The molecule has 2 aliphatic rings. The van der Waals surface area contributed by atoms with Crippen LogP contribution >= 0.6 is 0 Å². The first-order chi connectivity index (χ1) is 12.2. The number of piperidine rings is 1. The fourth-order valence-corrected chi connectivity index (χ4v) is 3.16. The number of hydrogen-bond acceptors (Lipinski definition) is 4. The zero-order chi connectivity index (χ0) is 17.2. The van der Waals surface area contributed by atoms with Crippen molar-refractivity contribution in [2.45, 2.75) is 31.7 Å². The molecule has 1 amide bonds. The number of carbonyl (C=O) groups excluding carboxylic acids is 1. The number of likely N-dealkylation sites (tertiary alicyclic amines) is 1. The van der Waals surface area contributed by atoms with Crippen LogP contribution in [0.1, 0.15) is 36.2 Å². The van der Waals surface area contributed by atoms with Gasteiger partial charge in [0.05, 0.1) is 11.9 Å². The van der Waals surface area contributed by atoms with E-state index in [-0.39, 0.29) is 11.7 Å². The maximum atomic E-state index is 13.0. The molecule has 0 radical (unpaired) electrons. The summed E-state index contributed by atoms with van der Waals surface area (Å²) in [5.74, 6) is 0.473. The zero-order valence-corrected chi connectivity index (χ0v) is 14.1. The van der Waals surface area contributed by atoms with Crippen LogP contribution in [0.25, 0.3) is 5.69 Å². The van der Waals surface area contributed by atoms with Crippen molar-refractivity contribution < 1.29 is 9.18 Å². The van der Waals surface area contributed by atoms with Crippen LogP contribution < -0.4 is 5.32 Å². The molecular weight excluding hydrogens is 321 g/mol. The van der Waals surface area contributed by atoms with E-state index < -0.39 is 0 Å². The summed E-state index contributed by atoms with van der Waals surface area (Å²) in [6, 6.07) is 6.38. The summed E-state index contributed by atoms with van der Waals surface area (Å²) in [5.41, 5.74) is 0.956. The highest BCUT2D eigenvalue weighted by atomic mass is 19.1. The largest absolute Gasteiger partial charge is 0.337 e. The van der Waals surface area contributed by atoms with Crippen LogP contribution in [0.2, 0.25) is 0 Å². The SMILES string of the molecule is O=C(c1cnn(-c2ccc(F)cc2)n1)N1CCC(NCC2CC2)CC1. The van der Waals surface area contributed by atoms with Gasteiger partial charge in [0.15, 0.2) is 5.69 Å². The molecule has 0 bridgehead atoms. The summed E-state index contributed by atoms with van der Waals surface area (Å²) in [6.07, 6.45) is 6.14. The standard InChI is InChI=1S/C18H22FN5O/c19-14-3-5-16(6-4-14)24-21-12-17(22-24)18(25)23-9-7-15(8-10-23)20-11-13-1-2-13/h3-6,12-13,15,20H,1-2,7-11H2. The van der Waals surface area contributed by atoms with Gasteiger partial charge in [-0.3, -0.25) is 4.79 Å². The lowest BCUT2D eigenvalue weighted by molar-refractivity contribution is 0.0698. The lowest BCUT2D eigenvalue weighted by Gasteiger charge is -2.32. The molecule has 1 N–H and O–H groups in total. The summed E-state index contributed by atoms with van der Waals surface area (Å²) in [7, 11) is 0. The lowest BCUT2D eigenvalue weighted by atomic mass is 10.0. The van der Waals surface area contributed by atoms with Crippen molar-refractivity contribution in [1.29, 1.82) is 0 Å².